The van der Waals surface area contributed by atoms with Crippen LogP contribution in [-0.4, -0.2) is 0 Å². The number of hydrogen-bond donors (Lipinski definition) is 0. The Labute approximate surface area is 71.0 Å². The van der Waals surface area contributed by atoms with Gasteiger partial charge in [0.25, 0.3) is 0 Å². The molecule has 0 nitrogen and oxygen atoms in total. The maximum absolute atomic E-state index is 3.98. The average Bonchev–Trinajstić information content (AvgIpc) is 1.87. The van der Waals surface area contributed by atoms with E-state index in [1.54, 1.807) is 0 Å². The van der Waals surface area contributed by atoms with Gasteiger partial charge < -0.3 is 0 Å². The first-order chi connectivity index (χ1) is 5.09. The Balaban J connectivity index is 4.11. The monoisotopic (exact) mass is 152 g/mol. The Morgan fingerprint density at radius 1 is 1.45 bits per heavy atom. The normalized spacial score (nSPS) is 14.3. The van der Waals surface area contributed by atoms with Gasteiger partial charge in [-0.15, -0.1) is 0 Å². The van der Waals surface area contributed by atoms with Crippen LogP contribution in [0.4, 0.5) is 0 Å². The van der Waals surface area contributed by atoms with E-state index in [-0.39, 0.29) is 0 Å². The van der Waals surface area contributed by atoms with Gasteiger partial charge in [-0.1, -0.05) is 45.1 Å². The molecule has 0 heteroatoms. The van der Waals surface area contributed by atoms with Gasteiger partial charge in [0, 0.05) is 0 Å². The highest BCUT2D eigenvalue weighted by Gasteiger charge is 2.08. The lowest BCUT2D eigenvalue weighted by Crippen LogP contribution is -2.05. The van der Waals surface area contributed by atoms with Crippen LogP contribution in [0.15, 0.2) is 24.3 Å². The topological polar surface area (TPSA) is 0 Å². The third kappa shape index (κ3) is 4.02. The second-order valence-corrected chi connectivity index (χ2v) is 3.45. The minimum atomic E-state index is 0.565. The fraction of sp³-hybridized carbons (Fsp3) is 0.636. The summed E-state index contributed by atoms with van der Waals surface area (Å²) in [6.45, 7) is 12.7. The van der Waals surface area contributed by atoms with Crippen molar-refractivity contribution in [2.75, 3.05) is 0 Å². The van der Waals surface area contributed by atoms with E-state index >= 15 is 0 Å². The summed E-state index contributed by atoms with van der Waals surface area (Å²) >= 11 is 0. The van der Waals surface area contributed by atoms with E-state index in [2.05, 4.69) is 46.4 Å². The summed E-state index contributed by atoms with van der Waals surface area (Å²) in [6, 6.07) is 0. The molecule has 64 valence electrons. The Morgan fingerprint density at radius 3 is 2.27 bits per heavy atom. The number of rotatable bonds is 4. The van der Waals surface area contributed by atoms with Crippen LogP contribution in [0.5, 0.6) is 0 Å². The van der Waals surface area contributed by atoms with E-state index < -0.39 is 0 Å². The summed E-state index contributed by atoms with van der Waals surface area (Å²) in [7, 11) is 0. The van der Waals surface area contributed by atoms with E-state index in [4.69, 9.17) is 0 Å². The molecule has 0 aromatic carbocycles. The molecule has 0 N–H and O–H groups in total. The molecule has 1 atom stereocenters. The van der Waals surface area contributed by atoms with Crippen molar-refractivity contribution in [2.45, 2.75) is 34.1 Å². The molecule has 0 aliphatic heterocycles. The van der Waals surface area contributed by atoms with Gasteiger partial charge in [-0.25, -0.2) is 0 Å². The second-order valence-electron chi connectivity index (χ2n) is 3.45. The van der Waals surface area contributed by atoms with Crippen LogP contribution >= 0.6 is 0 Å². The minimum Gasteiger partial charge on any atom is -0.0995 e. The summed E-state index contributed by atoms with van der Waals surface area (Å²) in [5.41, 5.74) is 1.27. The molecule has 0 heterocycles. The first kappa shape index (κ1) is 10.5. The fourth-order valence-electron chi connectivity index (χ4n) is 1.24. The van der Waals surface area contributed by atoms with Crippen LogP contribution in [-0.2, 0) is 0 Å². The Morgan fingerprint density at radius 2 is 2.00 bits per heavy atom. The molecule has 0 radical (unpaired) electrons. The average molecular weight is 152 g/mol. The lowest BCUT2D eigenvalue weighted by atomic mass is 9.89. The first-order valence-electron chi connectivity index (χ1n) is 4.41. The van der Waals surface area contributed by atoms with Gasteiger partial charge in [0.15, 0.2) is 0 Å². The number of hydrogen-bond acceptors (Lipinski definition) is 0. The zero-order valence-corrected chi connectivity index (χ0v) is 8.22. The van der Waals surface area contributed by atoms with Crippen LogP contribution in [0.1, 0.15) is 34.1 Å². The van der Waals surface area contributed by atoms with Gasteiger partial charge in [0.05, 0.1) is 0 Å². The van der Waals surface area contributed by atoms with Crippen LogP contribution in [0, 0.1) is 11.8 Å². The SMILES string of the molecule is C=C(C)C(C=CCC)C(C)C. The van der Waals surface area contributed by atoms with Crippen molar-refractivity contribution in [3.63, 3.8) is 0 Å². The van der Waals surface area contributed by atoms with Crippen molar-refractivity contribution >= 4 is 0 Å². The molecular weight excluding hydrogens is 132 g/mol. The van der Waals surface area contributed by atoms with Crippen molar-refractivity contribution in [3.05, 3.63) is 24.3 Å². The van der Waals surface area contributed by atoms with Crippen molar-refractivity contribution in [3.8, 4) is 0 Å². The summed E-state index contributed by atoms with van der Waals surface area (Å²) in [5.74, 6) is 1.24. The predicted octanol–water partition coefficient (Wildman–Crippen LogP) is 3.80. The molecular formula is C11H20. The molecule has 0 spiro atoms. The van der Waals surface area contributed by atoms with Gasteiger partial charge >= 0.3 is 0 Å². The molecule has 1 unspecified atom stereocenters. The molecule has 0 aliphatic carbocycles. The van der Waals surface area contributed by atoms with E-state index in [0.29, 0.717) is 11.8 Å². The van der Waals surface area contributed by atoms with E-state index in [1.807, 2.05) is 0 Å². The minimum absolute atomic E-state index is 0.565. The summed E-state index contributed by atoms with van der Waals surface area (Å²) in [6.07, 6.45) is 5.61. The predicted molar refractivity (Wildman–Crippen MR) is 52.6 cm³/mol. The Kier molecular flexibility index (Phi) is 4.93. The molecule has 0 rings (SSSR count). The summed E-state index contributed by atoms with van der Waals surface area (Å²) < 4.78 is 0. The highest BCUT2D eigenvalue weighted by molar-refractivity contribution is 5.07. The molecule has 0 aromatic rings. The largest absolute Gasteiger partial charge is 0.0995 e. The molecule has 0 aromatic heterocycles. The smallest absolute Gasteiger partial charge is 0.000570 e. The number of allylic oxidation sites excluding steroid dienone is 3. The van der Waals surface area contributed by atoms with Crippen LogP contribution in [0.25, 0.3) is 0 Å². The van der Waals surface area contributed by atoms with Crippen LogP contribution < -0.4 is 0 Å². The van der Waals surface area contributed by atoms with Crippen molar-refractivity contribution in [1.82, 2.24) is 0 Å². The van der Waals surface area contributed by atoms with Gasteiger partial charge in [-0.2, -0.15) is 0 Å². The van der Waals surface area contributed by atoms with E-state index in [1.165, 1.54) is 5.57 Å². The van der Waals surface area contributed by atoms with Crippen LogP contribution in [0.3, 0.4) is 0 Å². The molecule has 0 saturated carbocycles. The zero-order chi connectivity index (χ0) is 8.85. The highest BCUT2D eigenvalue weighted by atomic mass is 14.1. The lowest BCUT2D eigenvalue weighted by Gasteiger charge is -2.16. The van der Waals surface area contributed by atoms with E-state index in [0.717, 1.165) is 6.42 Å². The molecule has 0 bridgehead atoms. The second kappa shape index (κ2) is 5.17. The molecule has 0 amide bonds. The van der Waals surface area contributed by atoms with Gasteiger partial charge in [0.2, 0.25) is 0 Å². The zero-order valence-electron chi connectivity index (χ0n) is 8.22. The molecule has 11 heavy (non-hydrogen) atoms. The van der Waals surface area contributed by atoms with Gasteiger partial charge in [0.1, 0.15) is 0 Å². The molecule has 0 fully saturated rings. The van der Waals surface area contributed by atoms with Gasteiger partial charge in [-0.05, 0) is 25.2 Å². The van der Waals surface area contributed by atoms with Crippen LogP contribution in [0.2, 0.25) is 0 Å². The first-order valence-corrected chi connectivity index (χ1v) is 4.41. The maximum Gasteiger partial charge on any atom is -0.000570 e. The van der Waals surface area contributed by atoms with Gasteiger partial charge in [-0.3, -0.25) is 0 Å². The van der Waals surface area contributed by atoms with E-state index in [9.17, 15) is 0 Å². The third-order valence-corrected chi connectivity index (χ3v) is 1.87. The van der Waals surface area contributed by atoms with Crippen molar-refractivity contribution in [1.29, 1.82) is 0 Å². The lowest BCUT2D eigenvalue weighted by molar-refractivity contribution is 0.526. The van der Waals surface area contributed by atoms with Crippen molar-refractivity contribution < 1.29 is 0 Å². The van der Waals surface area contributed by atoms with Crippen molar-refractivity contribution in [2.24, 2.45) is 11.8 Å². The Hall–Kier alpha value is -0.520. The maximum atomic E-state index is 3.98. The third-order valence-electron chi connectivity index (χ3n) is 1.87. The summed E-state index contributed by atoms with van der Waals surface area (Å²) in [4.78, 5) is 0. The standard InChI is InChI=1S/C11H20/c1-6-7-8-11(9(2)3)10(4)5/h7-8,10-11H,2,6H2,1,3-5H3. The quantitative estimate of drug-likeness (QED) is 0.537. The highest BCUT2D eigenvalue weighted by Crippen LogP contribution is 2.20. The molecule has 0 aliphatic rings. The molecule has 0 saturated heterocycles. The fourth-order valence-corrected chi connectivity index (χ4v) is 1.24. The Bertz CT molecular complexity index is 140. The summed E-state index contributed by atoms with van der Waals surface area (Å²) in [5, 5.41) is 0.